The van der Waals surface area contributed by atoms with Crippen LogP contribution in [0.2, 0.25) is 0 Å². The first-order chi connectivity index (χ1) is 6.04. The molecule has 13 heavy (non-hydrogen) atoms. The number of carbonyl (C=O) groups is 1. The van der Waals surface area contributed by atoms with Gasteiger partial charge in [0.05, 0.1) is 0 Å². The molecule has 3 atom stereocenters. The molecule has 2 aliphatic carbocycles. The molecule has 2 rings (SSSR count). The van der Waals surface area contributed by atoms with Crippen molar-refractivity contribution in [2.75, 3.05) is 0 Å². The highest BCUT2D eigenvalue weighted by molar-refractivity contribution is 5.66. The summed E-state index contributed by atoms with van der Waals surface area (Å²) in [6.07, 6.45) is 6.21. The number of hydrogen-bond donors (Lipinski definition) is 0. The Bertz CT molecular complexity index is 231. The summed E-state index contributed by atoms with van der Waals surface area (Å²) in [5.74, 6) is 1.81. The molecule has 0 heterocycles. The van der Waals surface area contributed by atoms with Crippen molar-refractivity contribution < 1.29 is 4.79 Å². The van der Waals surface area contributed by atoms with Gasteiger partial charge in [0.15, 0.2) is 0 Å². The second-order valence-electron chi connectivity index (χ2n) is 5.70. The Kier molecular flexibility index (Phi) is 1.84. The smallest absolute Gasteiger partial charge is 0.126 e. The molecule has 2 aliphatic rings. The molecule has 0 saturated heterocycles. The minimum atomic E-state index is 0.0710. The zero-order valence-corrected chi connectivity index (χ0v) is 8.97. The van der Waals surface area contributed by atoms with Crippen LogP contribution in [0.4, 0.5) is 0 Å². The van der Waals surface area contributed by atoms with Crippen LogP contribution in [0.25, 0.3) is 0 Å². The van der Waals surface area contributed by atoms with E-state index >= 15 is 0 Å². The maximum absolute atomic E-state index is 11.1. The second-order valence-corrected chi connectivity index (χ2v) is 5.70. The van der Waals surface area contributed by atoms with Crippen molar-refractivity contribution in [1.82, 2.24) is 0 Å². The third-order valence-electron chi connectivity index (χ3n) is 4.43. The van der Waals surface area contributed by atoms with Gasteiger partial charge in [0, 0.05) is 5.41 Å². The normalized spacial score (nSPS) is 45.8. The van der Waals surface area contributed by atoms with Gasteiger partial charge in [-0.25, -0.2) is 0 Å². The van der Waals surface area contributed by atoms with E-state index in [9.17, 15) is 4.79 Å². The molecule has 0 amide bonds. The van der Waals surface area contributed by atoms with Crippen LogP contribution in [0.15, 0.2) is 0 Å². The van der Waals surface area contributed by atoms with Gasteiger partial charge in [0.1, 0.15) is 6.29 Å². The fourth-order valence-electron chi connectivity index (χ4n) is 2.87. The lowest BCUT2D eigenvalue weighted by atomic mass is 9.91. The molecule has 0 radical (unpaired) electrons. The highest BCUT2D eigenvalue weighted by Gasteiger charge is 2.63. The summed E-state index contributed by atoms with van der Waals surface area (Å²) in [5, 5.41) is 0. The van der Waals surface area contributed by atoms with E-state index in [1.54, 1.807) is 0 Å². The maximum Gasteiger partial charge on any atom is 0.126 e. The monoisotopic (exact) mass is 180 g/mol. The number of rotatable bonds is 4. The van der Waals surface area contributed by atoms with Crippen LogP contribution in [0, 0.1) is 22.7 Å². The third-order valence-corrected chi connectivity index (χ3v) is 4.43. The van der Waals surface area contributed by atoms with E-state index in [4.69, 9.17) is 0 Å². The number of aldehydes is 1. The summed E-state index contributed by atoms with van der Waals surface area (Å²) in [6.45, 7) is 6.71. The SMILES string of the molecule is CCC1CC1CC1(C=O)CC1(C)C. The molecule has 0 aromatic heterocycles. The van der Waals surface area contributed by atoms with Gasteiger partial charge in [0.2, 0.25) is 0 Å². The quantitative estimate of drug-likeness (QED) is 0.608. The van der Waals surface area contributed by atoms with E-state index in [0.717, 1.165) is 18.3 Å². The zero-order chi connectivity index (χ0) is 9.69. The fourth-order valence-corrected chi connectivity index (χ4v) is 2.87. The lowest BCUT2D eigenvalue weighted by Crippen LogP contribution is -2.11. The van der Waals surface area contributed by atoms with Crippen LogP contribution >= 0.6 is 0 Å². The summed E-state index contributed by atoms with van der Waals surface area (Å²) in [7, 11) is 0. The summed E-state index contributed by atoms with van der Waals surface area (Å²) < 4.78 is 0. The zero-order valence-electron chi connectivity index (χ0n) is 8.97. The molecule has 1 nitrogen and oxygen atoms in total. The first-order valence-electron chi connectivity index (χ1n) is 5.51. The molecule has 0 aromatic rings. The molecule has 3 unspecified atom stereocenters. The van der Waals surface area contributed by atoms with Crippen LogP contribution < -0.4 is 0 Å². The second kappa shape index (κ2) is 2.59. The molecule has 0 spiro atoms. The number of hydrogen-bond acceptors (Lipinski definition) is 1. The van der Waals surface area contributed by atoms with Gasteiger partial charge in [-0.1, -0.05) is 27.2 Å². The van der Waals surface area contributed by atoms with Crippen molar-refractivity contribution in [1.29, 1.82) is 0 Å². The highest BCUT2D eigenvalue weighted by atomic mass is 16.1. The molecular weight excluding hydrogens is 160 g/mol. The standard InChI is InChI=1S/C12H20O/c1-4-9-5-10(9)6-12(8-13)7-11(12,2)3/h8-10H,4-7H2,1-3H3. The van der Waals surface area contributed by atoms with Gasteiger partial charge in [-0.15, -0.1) is 0 Å². The van der Waals surface area contributed by atoms with Crippen LogP contribution in [0.3, 0.4) is 0 Å². The Morgan fingerprint density at radius 3 is 2.31 bits per heavy atom. The van der Waals surface area contributed by atoms with Crippen LogP contribution in [0.5, 0.6) is 0 Å². The summed E-state index contributed by atoms with van der Waals surface area (Å²) >= 11 is 0. The maximum atomic E-state index is 11.1. The lowest BCUT2D eigenvalue weighted by Gasteiger charge is -2.12. The van der Waals surface area contributed by atoms with Crippen molar-refractivity contribution in [3.05, 3.63) is 0 Å². The molecule has 74 valence electrons. The van der Waals surface area contributed by atoms with Crippen LogP contribution in [0.1, 0.15) is 46.5 Å². The Labute approximate surface area is 80.9 Å². The van der Waals surface area contributed by atoms with Gasteiger partial charge in [0.25, 0.3) is 0 Å². The predicted molar refractivity (Wildman–Crippen MR) is 53.4 cm³/mol. The average Bonchev–Trinajstić information content (AvgIpc) is 2.91. The molecule has 0 N–H and O–H groups in total. The fraction of sp³-hybridized carbons (Fsp3) is 0.917. The summed E-state index contributed by atoms with van der Waals surface area (Å²) in [4.78, 5) is 11.1. The molecule has 0 bridgehead atoms. The third kappa shape index (κ3) is 1.33. The van der Waals surface area contributed by atoms with E-state index < -0.39 is 0 Å². The van der Waals surface area contributed by atoms with Gasteiger partial charge in [-0.2, -0.15) is 0 Å². The lowest BCUT2D eigenvalue weighted by molar-refractivity contribution is -0.113. The van der Waals surface area contributed by atoms with Crippen LogP contribution in [-0.2, 0) is 4.79 Å². The molecule has 1 heteroatoms. The molecule has 2 fully saturated rings. The first kappa shape index (κ1) is 9.23. The number of carbonyl (C=O) groups excluding carboxylic acids is 1. The van der Waals surface area contributed by atoms with Gasteiger partial charge in [-0.05, 0) is 36.5 Å². The van der Waals surface area contributed by atoms with Gasteiger partial charge < -0.3 is 4.79 Å². The molecule has 0 aromatic carbocycles. The minimum Gasteiger partial charge on any atom is -0.303 e. The highest BCUT2D eigenvalue weighted by Crippen LogP contribution is 2.67. The van der Waals surface area contributed by atoms with Crippen molar-refractivity contribution in [3.8, 4) is 0 Å². The molecule has 0 aliphatic heterocycles. The van der Waals surface area contributed by atoms with Crippen molar-refractivity contribution in [2.45, 2.75) is 46.5 Å². The van der Waals surface area contributed by atoms with Crippen molar-refractivity contribution >= 4 is 6.29 Å². The summed E-state index contributed by atoms with van der Waals surface area (Å²) in [5.41, 5.74) is 0.372. The van der Waals surface area contributed by atoms with E-state index in [0.29, 0.717) is 5.41 Å². The van der Waals surface area contributed by atoms with E-state index in [1.165, 1.54) is 25.5 Å². The van der Waals surface area contributed by atoms with Gasteiger partial charge >= 0.3 is 0 Å². The topological polar surface area (TPSA) is 17.1 Å². The van der Waals surface area contributed by atoms with Gasteiger partial charge in [-0.3, -0.25) is 0 Å². The largest absolute Gasteiger partial charge is 0.303 e. The average molecular weight is 180 g/mol. The van der Waals surface area contributed by atoms with E-state index in [2.05, 4.69) is 20.8 Å². The predicted octanol–water partition coefficient (Wildman–Crippen LogP) is 3.04. The Morgan fingerprint density at radius 1 is 1.38 bits per heavy atom. The minimum absolute atomic E-state index is 0.0710. The Hall–Kier alpha value is -0.330. The molecular formula is C12H20O. The van der Waals surface area contributed by atoms with Crippen molar-refractivity contribution in [2.24, 2.45) is 22.7 Å². The molecule has 2 saturated carbocycles. The van der Waals surface area contributed by atoms with E-state index in [-0.39, 0.29) is 5.41 Å². The first-order valence-corrected chi connectivity index (χ1v) is 5.51. The Balaban J connectivity index is 1.92. The Morgan fingerprint density at radius 2 is 2.00 bits per heavy atom. The van der Waals surface area contributed by atoms with E-state index in [1.807, 2.05) is 0 Å². The summed E-state index contributed by atoms with van der Waals surface area (Å²) in [6, 6.07) is 0. The van der Waals surface area contributed by atoms with Crippen LogP contribution in [-0.4, -0.2) is 6.29 Å². The van der Waals surface area contributed by atoms with Crippen molar-refractivity contribution in [3.63, 3.8) is 0 Å².